The Morgan fingerprint density at radius 1 is 1.48 bits per heavy atom. The highest BCUT2D eigenvalue weighted by Crippen LogP contribution is 2.43. The summed E-state index contributed by atoms with van der Waals surface area (Å²) in [5.74, 6) is 0. The minimum Gasteiger partial charge on any atom is -0.398 e. The molecular weight excluding hydrogens is 356 g/mol. The molecule has 0 bridgehead atoms. The maximum Gasteiger partial charge on any atom is 0.242 e. The molecular formula is C14H21BrN2O3S. The molecule has 0 amide bonds. The summed E-state index contributed by atoms with van der Waals surface area (Å²) in [6.07, 6.45) is 0.753. The summed E-state index contributed by atoms with van der Waals surface area (Å²) in [7, 11) is -3.64. The van der Waals surface area contributed by atoms with Gasteiger partial charge in [0.1, 0.15) is 4.90 Å². The Labute approximate surface area is 134 Å². The number of benzene rings is 1. The second kappa shape index (κ2) is 5.87. The molecule has 0 heterocycles. The van der Waals surface area contributed by atoms with Crippen LogP contribution in [0.4, 0.5) is 5.69 Å². The van der Waals surface area contributed by atoms with Crippen LogP contribution in [-0.2, 0) is 14.8 Å². The van der Waals surface area contributed by atoms with Crippen LogP contribution in [0.3, 0.4) is 0 Å². The first-order chi connectivity index (χ1) is 9.68. The molecule has 7 heteroatoms. The standard InChI is InChI=1S/C14H21BrN2O3S/c1-4-20-13-8-12(14(13,2)3)17-21(18,19)11-7-9(15)5-6-10(11)16/h5-7,12-13,17H,4,8,16H2,1-3H3. The summed E-state index contributed by atoms with van der Waals surface area (Å²) in [4.78, 5) is 0.104. The summed E-state index contributed by atoms with van der Waals surface area (Å²) in [6, 6.07) is 4.65. The largest absolute Gasteiger partial charge is 0.398 e. The molecule has 2 atom stereocenters. The van der Waals surface area contributed by atoms with Crippen LogP contribution in [0.25, 0.3) is 0 Å². The van der Waals surface area contributed by atoms with Gasteiger partial charge in [0, 0.05) is 22.5 Å². The second-order valence-electron chi connectivity index (χ2n) is 5.86. The lowest BCUT2D eigenvalue weighted by atomic mass is 9.65. The number of nitrogens with two attached hydrogens (primary N) is 1. The Kier molecular flexibility index (Phi) is 4.68. The smallest absolute Gasteiger partial charge is 0.242 e. The number of ether oxygens (including phenoxy) is 1. The third kappa shape index (κ3) is 3.26. The van der Waals surface area contributed by atoms with Crippen LogP contribution >= 0.6 is 15.9 Å². The molecule has 1 saturated carbocycles. The Morgan fingerprint density at radius 2 is 2.14 bits per heavy atom. The maximum absolute atomic E-state index is 12.5. The number of rotatable bonds is 5. The quantitative estimate of drug-likeness (QED) is 0.773. The zero-order chi connectivity index (χ0) is 15.8. The third-order valence-corrected chi connectivity index (χ3v) is 6.13. The first-order valence-electron chi connectivity index (χ1n) is 6.87. The average molecular weight is 377 g/mol. The summed E-state index contributed by atoms with van der Waals surface area (Å²) in [5, 5.41) is 0. The van der Waals surface area contributed by atoms with Crippen molar-refractivity contribution < 1.29 is 13.2 Å². The lowest BCUT2D eigenvalue weighted by molar-refractivity contribution is -0.108. The first-order valence-corrected chi connectivity index (χ1v) is 9.15. The van der Waals surface area contributed by atoms with Crippen molar-refractivity contribution >= 4 is 31.6 Å². The van der Waals surface area contributed by atoms with Crippen molar-refractivity contribution in [3.63, 3.8) is 0 Å². The van der Waals surface area contributed by atoms with E-state index >= 15 is 0 Å². The number of hydrogen-bond acceptors (Lipinski definition) is 4. The van der Waals surface area contributed by atoms with Crippen LogP contribution in [0, 0.1) is 5.41 Å². The molecule has 118 valence electrons. The third-order valence-electron chi connectivity index (χ3n) is 4.11. The number of halogens is 1. The lowest BCUT2D eigenvalue weighted by Crippen LogP contribution is -2.61. The van der Waals surface area contributed by atoms with Gasteiger partial charge in [0.2, 0.25) is 10.0 Å². The molecule has 0 spiro atoms. The summed E-state index contributed by atoms with van der Waals surface area (Å²) >= 11 is 3.27. The van der Waals surface area contributed by atoms with Crippen LogP contribution in [0.15, 0.2) is 27.6 Å². The van der Waals surface area contributed by atoms with E-state index < -0.39 is 10.0 Å². The monoisotopic (exact) mass is 376 g/mol. The van der Waals surface area contributed by atoms with E-state index in [4.69, 9.17) is 10.5 Å². The van der Waals surface area contributed by atoms with E-state index in [1.165, 1.54) is 6.07 Å². The van der Waals surface area contributed by atoms with Gasteiger partial charge in [0.25, 0.3) is 0 Å². The van der Waals surface area contributed by atoms with Crippen LogP contribution < -0.4 is 10.5 Å². The molecule has 2 rings (SSSR count). The van der Waals surface area contributed by atoms with E-state index in [1.54, 1.807) is 12.1 Å². The molecule has 3 N–H and O–H groups in total. The van der Waals surface area contributed by atoms with Gasteiger partial charge in [-0.05, 0) is 31.5 Å². The first kappa shape index (κ1) is 16.7. The molecule has 1 aliphatic rings. The van der Waals surface area contributed by atoms with E-state index in [2.05, 4.69) is 20.7 Å². The van der Waals surface area contributed by atoms with Crippen molar-refractivity contribution in [1.29, 1.82) is 0 Å². The highest BCUT2D eigenvalue weighted by molar-refractivity contribution is 9.10. The van der Waals surface area contributed by atoms with Crippen molar-refractivity contribution in [2.75, 3.05) is 12.3 Å². The Hall–Kier alpha value is -0.630. The number of nitrogens with one attached hydrogen (secondary N) is 1. The van der Waals surface area contributed by atoms with Crippen molar-refractivity contribution in [2.45, 2.75) is 44.2 Å². The minimum absolute atomic E-state index is 0.0788. The van der Waals surface area contributed by atoms with Crippen LogP contribution in [0.5, 0.6) is 0 Å². The molecule has 0 aromatic heterocycles. The highest BCUT2D eigenvalue weighted by Gasteiger charge is 2.50. The predicted octanol–water partition coefficient (Wildman–Crippen LogP) is 2.51. The fourth-order valence-corrected chi connectivity index (χ4v) is 4.64. The molecule has 1 aromatic rings. The van der Waals surface area contributed by atoms with Gasteiger partial charge in [0.05, 0.1) is 11.8 Å². The zero-order valence-corrected chi connectivity index (χ0v) is 14.8. The van der Waals surface area contributed by atoms with E-state index in [0.717, 1.165) is 0 Å². The molecule has 1 fully saturated rings. The van der Waals surface area contributed by atoms with Gasteiger partial charge in [-0.1, -0.05) is 29.8 Å². The van der Waals surface area contributed by atoms with Crippen LogP contribution in [0.1, 0.15) is 27.2 Å². The summed E-state index contributed by atoms with van der Waals surface area (Å²) < 4.78 is 34.1. The van der Waals surface area contributed by atoms with Gasteiger partial charge < -0.3 is 10.5 Å². The molecule has 5 nitrogen and oxygen atoms in total. The van der Waals surface area contributed by atoms with Crippen molar-refractivity contribution in [3.8, 4) is 0 Å². The van der Waals surface area contributed by atoms with E-state index in [-0.39, 0.29) is 28.1 Å². The summed E-state index contributed by atoms with van der Waals surface area (Å²) in [5.41, 5.74) is 5.80. The van der Waals surface area contributed by atoms with E-state index in [1.807, 2.05) is 20.8 Å². The Morgan fingerprint density at radius 3 is 2.71 bits per heavy atom. The van der Waals surface area contributed by atoms with Crippen LogP contribution in [0.2, 0.25) is 0 Å². The van der Waals surface area contributed by atoms with Crippen molar-refractivity contribution in [1.82, 2.24) is 4.72 Å². The lowest BCUT2D eigenvalue weighted by Gasteiger charge is -2.51. The van der Waals surface area contributed by atoms with Gasteiger partial charge in [-0.2, -0.15) is 0 Å². The predicted molar refractivity (Wildman–Crippen MR) is 86.5 cm³/mol. The molecule has 1 aliphatic carbocycles. The van der Waals surface area contributed by atoms with Crippen molar-refractivity contribution in [3.05, 3.63) is 22.7 Å². The zero-order valence-electron chi connectivity index (χ0n) is 12.4. The van der Waals surface area contributed by atoms with Gasteiger partial charge in [0.15, 0.2) is 0 Å². The number of sulfonamides is 1. The van der Waals surface area contributed by atoms with Crippen LogP contribution in [-0.4, -0.2) is 27.2 Å². The highest BCUT2D eigenvalue weighted by atomic mass is 79.9. The second-order valence-corrected chi connectivity index (χ2v) is 8.46. The van der Waals surface area contributed by atoms with Gasteiger partial charge in [-0.15, -0.1) is 0 Å². The fourth-order valence-electron chi connectivity index (χ4n) is 2.56. The van der Waals surface area contributed by atoms with Crippen molar-refractivity contribution in [2.24, 2.45) is 5.41 Å². The molecule has 21 heavy (non-hydrogen) atoms. The average Bonchev–Trinajstić information content (AvgIpc) is 2.40. The Bertz CT molecular complexity index is 631. The fraction of sp³-hybridized carbons (Fsp3) is 0.571. The molecule has 2 unspecified atom stereocenters. The van der Waals surface area contributed by atoms with Gasteiger partial charge >= 0.3 is 0 Å². The minimum atomic E-state index is -3.64. The Balaban J connectivity index is 2.18. The molecule has 0 aliphatic heterocycles. The van der Waals surface area contributed by atoms with E-state index in [0.29, 0.717) is 17.5 Å². The topological polar surface area (TPSA) is 81.4 Å². The maximum atomic E-state index is 12.5. The number of anilines is 1. The van der Waals surface area contributed by atoms with Gasteiger partial charge in [-0.3, -0.25) is 0 Å². The normalized spacial score (nSPS) is 24.6. The number of nitrogen functional groups attached to an aromatic ring is 1. The van der Waals surface area contributed by atoms with E-state index in [9.17, 15) is 8.42 Å². The summed E-state index contributed by atoms with van der Waals surface area (Å²) in [6.45, 7) is 6.59. The number of hydrogen-bond donors (Lipinski definition) is 2. The molecule has 1 aromatic carbocycles. The molecule has 0 saturated heterocycles. The SMILES string of the molecule is CCOC1CC(NS(=O)(=O)c2cc(Br)ccc2N)C1(C)C. The van der Waals surface area contributed by atoms with Gasteiger partial charge in [-0.25, -0.2) is 13.1 Å². The molecule has 0 radical (unpaired) electrons.